The van der Waals surface area contributed by atoms with E-state index in [0.717, 1.165) is 23.3 Å². The second-order valence-corrected chi connectivity index (χ2v) is 9.14. The summed E-state index contributed by atoms with van der Waals surface area (Å²) in [6.07, 6.45) is 1.47. The third kappa shape index (κ3) is 7.73. The molecule has 31 heavy (non-hydrogen) atoms. The second kappa shape index (κ2) is 12.6. The number of hydrogen-bond acceptors (Lipinski definition) is 3. The lowest BCUT2D eigenvalue weighted by Gasteiger charge is -2.31. The number of amides is 2. The number of thioether (sulfide) groups is 1. The molecule has 0 saturated heterocycles. The van der Waals surface area contributed by atoms with Crippen LogP contribution in [0.5, 0.6) is 0 Å². The van der Waals surface area contributed by atoms with Crippen LogP contribution in [0.1, 0.15) is 54.5 Å². The Morgan fingerprint density at radius 3 is 2.32 bits per heavy atom. The van der Waals surface area contributed by atoms with E-state index < -0.39 is 6.04 Å². The summed E-state index contributed by atoms with van der Waals surface area (Å²) in [4.78, 5) is 27.9. The van der Waals surface area contributed by atoms with E-state index in [9.17, 15) is 9.59 Å². The van der Waals surface area contributed by atoms with Crippen molar-refractivity contribution in [1.29, 1.82) is 0 Å². The molecular weight excluding hydrogens is 404 g/mol. The molecule has 0 aliphatic carbocycles. The SMILES string of the molecule is CCCNC(=O)[C@H](CC)N(Cc1ccccc1C)C(=O)CSCc1cc(C)cc(C)c1. The zero-order chi connectivity index (χ0) is 22.8. The first-order chi connectivity index (χ1) is 14.8. The lowest BCUT2D eigenvalue weighted by molar-refractivity contribution is -0.139. The summed E-state index contributed by atoms with van der Waals surface area (Å²) in [5, 5.41) is 2.97. The van der Waals surface area contributed by atoms with E-state index in [1.165, 1.54) is 16.7 Å². The van der Waals surface area contributed by atoms with Gasteiger partial charge in [-0.1, -0.05) is 67.4 Å². The Morgan fingerprint density at radius 2 is 1.71 bits per heavy atom. The minimum absolute atomic E-state index is 0.0103. The number of carbonyl (C=O) groups is 2. The molecule has 0 aromatic heterocycles. The monoisotopic (exact) mass is 440 g/mol. The molecule has 2 aromatic carbocycles. The topological polar surface area (TPSA) is 49.4 Å². The zero-order valence-corrected chi connectivity index (χ0v) is 20.3. The summed E-state index contributed by atoms with van der Waals surface area (Å²) in [6.45, 7) is 11.3. The van der Waals surface area contributed by atoms with Gasteiger partial charge in [0.05, 0.1) is 5.75 Å². The zero-order valence-electron chi connectivity index (χ0n) is 19.5. The molecule has 0 aliphatic rings. The van der Waals surface area contributed by atoms with Gasteiger partial charge in [0.2, 0.25) is 11.8 Å². The minimum atomic E-state index is -0.458. The molecule has 1 N–H and O–H groups in total. The maximum absolute atomic E-state index is 13.3. The average molecular weight is 441 g/mol. The van der Waals surface area contributed by atoms with E-state index in [-0.39, 0.29) is 11.8 Å². The van der Waals surface area contributed by atoms with Gasteiger partial charge in [-0.15, -0.1) is 11.8 Å². The third-order valence-electron chi connectivity index (χ3n) is 5.31. The summed E-state index contributed by atoms with van der Waals surface area (Å²) in [5.41, 5.74) is 5.92. The molecule has 2 aromatic rings. The number of nitrogens with one attached hydrogen (secondary N) is 1. The molecule has 0 fully saturated rings. The number of aryl methyl sites for hydroxylation is 3. The Balaban J connectivity index is 2.14. The highest BCUT2D eigenvalue weighted by molar-refractivity contribution is 7.99. The Labute approximate surface area is 191 Å². The van der Waals surface area contributed by atoms with Gasteiger partial charge in [-0.25, -0.2) is 0 Å². The van der Waals surface area contributed by atoms with Crippen molar-refractivity contribution in [1.82, 2.24) is 10.2 Å². The molecule has 0 spiro atoms. The second-order valence-electron chi connectivity index (χ2n) is 8.15. The van der Waals surface area contributed by atoms with Gasteiger partial charge in [0, 0.05) is 18.8 Å². The van der Waals surface area contributed by atoms with Crippen molar-refractivity contribution in [2.45, 2.75) is 65.8 Å². The van der Waals surface area contributed by atoms with E-state index in [4.69, 9.17) is 0 Å². The summed E-state index contributed by atoms with van der Waals surface area (Å²) in [6, 6.07) is 14.1. The molecule has 0 saturated carbocycles. The summed E-state index contributed by atoms with van der Waals surface area (Å²) in [7, 11) is 0. The number of carbonyl (C=O) groups excluding carboxylic acids is 2. The largest absolute Gasteiger partial charge is 0.354 e. The molecule has 4 nitrogen and oxygen atoms in total. The van der Waals surface area contributed by atoms with Crippen LogP contribution < -0.4 is 5.32 Å². The highest BCUT2D eigenvalue weighted by Crippen LogP contribution is 2.20. The quantitative estimate of drug-likeness (QED) is 0.524. The molecule has 0 aliphatic heterocycles. The predicted molar refractivity (Wildman–Crippen MR) is 131 cm³/mol. The fourth-order valence-corrected chi connectivity index (χ4v) is 4.59. The van der Waals surface area contributed by atoms with E-state index >= 15 is 0 Å². The molecule has 0 heterocycles. The van der Waals surface area contributed by atoms with Gasteiger partial charge in [-0.05, 0) is 50.3 Å². The lowest BCUT2D eigenvalue weighted by Crippen LogP contribution is -2.49. The standard InChI is InChI=1S/C26H36N2O2S/c1-6-12-27-26(30)24(7-2)28(16-23-11-9-8-10-21(23)5)25(29)18-31-17-22-14-19(3)13-20(4)15-22/h8-11,13-15,24H,6-7,12,16-18H2,1-5H3,(H,27,30)/t24-/m0/s1. The first-order valence-electron chi connectivity index (χ1n) is 11.1. The van der Waals surface area contributed by atoms with Crippen molar-refractivity contribution < 1.29 is 9.59 Å². The minimum Gasteiger partial charge on any atom is -0.354 e. The molecule has 168 valence electrons. The van der Waals surface area contributed by atoms with Crippen molar-refractivity contribution in [2.75, 3.05) is 12.3 Å². The van der Waals surface area contributed by atoms with Gasteiger partial charge in [0.25, 0.3) is 0 Å². The lowest BCUT2D eigenvalue weighted by atomic mass is 10.1. The number of benzene rings is 2. The van der Waals surface area contributed by atoms with Gasteiger partial charge in [-0.2, -0.15) is 0 Å². The highest BCUT2D eigenvalue weighted by Gasteiger charge is 2.28. The van der Waals surface area contributed by atoms with Gasteiger partial charge in [-0.3, -0.25) is 9.59 Å². The van der Waals surface area contributed by atoms with E-state index in [2.05, 4.69) is 37.4 Å². The van der Waals surface area contributed by atoms with Crippen LogP contribution >= 0.6 is 11.8 Å². The smallest absolute Gasteiger partial charge is 0.242 e. The van der Waals surface area contributed by atoms with Crippen LogP contribution in [-0.2, 0) is 21.9 Å². The van der Waals surface area contributed by atoms with Gasteiger partial charge < -0.3 is 10.2 Å². The van der Waals surface area contributed by atoms with Crippen LogP contribution in [0.4, 0.5) is 0 Å². The molecule has 0 unspecified atom stereocenters. The van der Waals surface area contributed by atoms with Gasteiger partial charge >= 0.3 is 0 Å². The Hall–Kier alpha value is -2.27. The van der Waals surface area contributed by atoms with Crippen LogP contribution in [0.3, 0.4) is 0 Å². The van der Waals surface area contributed by atoms with Crippen LogP contribution in [-0.4, -0.2) is 35.1 Å². The maximum atomic E-state index is 13.3. The number of nitrogens with zero attached hydrogens (tertiary/aromatic N) is 1. The van der Waals surface area contributed by atoms with Gasteiger partial charge in [0.15, 0.2) is 0 Å². The fourth-order valence-electron chi connectivity index (χ4n) is 3.75. The molecule has 2 rings (SSSR count). The Kier molecular flexibility index (Phi) is 10.1. The van der Waals surface area contributed by atoms with Crippen molar-refractivity contribution in [2.24, 2.45) is 0 Å². The van der Waals surface area contributed by atoms with Crippen LogP contribution in [0.25, 0.3) is 0 Å². The molecular formula is C26H36N2O2S. The molecule has 0 bridgehead atoms. The maximum Gasteiger partial charge on any atom is 0.242 e. The van der Waals surface area contributed by atoms with E-state index in [1.54, 1.807) is 16.7 Å². The normalized spacial score (nSPS) is 11.8. The number of hydrogen-bond donors (Lipinski definition) is 1. The van der Waals surface area contributed by atoms with Crippen molar-refractivity contribution in [3.8, 4) is 0 Å². The number of rotatable bonds is 11. The van der Waals surface area contributed by atoms with Crippen LogP contribution in [0.15, 0.2) is 42.5 Å². The third-order valence-corrected chi connectivity index (χ3v) is 6.30. The van der Waals surface area contributed by atoms with Crippen LogP contribution in [0, 0.1) is 20.8 Å². The molecule has 2 amide bonds. The highest BCUT2D eigenvalue weighted by atomic mass is 32.2. The summed E-state index contributed by atoms with van der Waals surface area (Å²) in [5.74, 6) is 1.09. The average Bonchev–Trinajstić information content (AvgIpc) is 2.72. The molecule has 1 atom stereocenters. The predicted octanol–water partition coefficient (Wildman–Crippen LogP) is 5.18. The van der Waals surface area contributed by atoms with Gasteiger partial charge in [0.1, 0.15) is 6.04 Å². The summed E-state index contributed by atoms with van der Waals surface area (Å²) < 4.78 is 0. The van der Waals surface area contributed by atoms with Crippen molar-refractivity contribution in [3.63, 3.8) is 0 Å². The van der Waals surface area contributed by atoms with E-state index in [1.807, 2.05) is 45.0 Å². The first-order valence-corrected chi connectivity index (χ1v) is 12.3. The van der Waals surface area contributed by atoms with Crippen molar-refractivity contribution in [3.05, 3.63) is 70.3 Å². The molecule has 0 radical (unpaired) electrons. The Morgan fingerprint density at radius 1 is 1.03 bits per heavy atom. The fraction of sp³-hybridized carbons (Fsp3) is 0.462. The van der Waals surface area contributed by atoms with Crippen LogP contribution in [0.2, 0.25) is 0 Å². The van der Waals surface area contributed by atoms with E-state index in [0.29, 0.717) is 25.3 Å². The Bertz CT molecular complexity index is 861. The van der Waals surface area contributed by atoms with Crippen molar-refractivity contribution >= 4 is 23.6 Å². The first kappa shape index (κ1) is 25.0. The summed E-state index contributed by atoms with van der Waals surface area (Å²) >= 11 is 1.61. The molecule has 5 heteroatoms.